The number of aliphatic hydroxyl groups excluding tert-OH is 1. The average Bonchev–Trinajstić information content (AvgIpc) is 3.16. The van der Waals surface area contributed by atoms with Gasteiger partial charge in [-0.25, -0.2) is 0 Å². The number of rotatable bonds is 22. The Labute approximate surface area is 327 Å². The van der Waals surface area contributed by atoms with Crippen LogP contribution in [0.15, 0.2) is 72.8 Å². The molecule has 52 heavy (non-hydrogen) atoms. The van der Waals surface area contributed by atoms with Gasteiger partial charge in [-0.05, 0) is 53.7 Å². The number of aliphatic hydroxyl groups is 1. The number of alkyl halides is 3. The molecule has 3 unspecified atom stereocenters. The summed E-state index contributed by atoms with van der Waals surface area (Å²) in [5.41, 5.74) is 5.81. The number of nitrogens with zero attached hydrogens (tertiary/aromatic N) is 1. The Hall–Kier alpha value is -2.16. The van der Waals surface area contributed by atoms with E-state index in [4.69, 9.17) is 44.3 Å². The smallest absolute Gasteiger partial charge is 0.272 e. The summed E-state index contributed by atoms with van der Waals surface area (Å²) < 4.78 is 11.5. The van der Waals surface area contributed by atoms with Crippen LogP contribution in [0.3, 0.4) is 0 Å². The third-order valence-electron chi connectivity index (χ3n) is 9.94. The van der Waals surface area contributed by atoms with Crippen LogP contribution in [-0.4, -0.2) is 45.4 Å². The van der Waals surface area contributed by atoms with Crippen molar-refractivity contribution in [2.24, 2.45) is 0 Å². The molecule has 3 aromatic carbocycles. The number of benzene rings is 3. The summed E-state index contributed by atoms with van der Waals surface area (Å²) >= 11 is 17.3. The number of carbonyl (C=O) groups is 1. The van der Waals surface area contributed by atoms with Gasteiger partial charge < -0.3 is 24.8 Å². The topological polar surface area (TPSA) is 71.0 Å². The highest BCUT2D eigenvalue weighted by Gasteiger charge is 2.33. The van der Waals surface area contributed by atoms with Crippen LogP contribution in [-0.2, 0) is 27.4 Å². The summed E-state index contributed by atoms with van der Waals surface area (Å²) in [6, 6.07) is 24.2. The molecule has 0 aromatic heterocycles. The van der Waals surface area contributed by atoms with Crippen molar-refractivity contribution < 1.29 is 19.4 Å². The van der Waals surface area contributed by atoms with Crippen molar-refractivity contribution in [3.05, 3.63) is 95.1 Å². The van der Waals surface area contributed by atoms with E-state index in [0.29, 0.717) is 0 Å². The minimum absolute atomic E-state index is 0.00313. The number of carbonyl (C=O) groups excluding carboxylic acids is 1. The van der Waals surface area contributed by atoms with Gasteiger partial charge in [0.1, 0.15) is 0 Å². The molecular weight excluding hydrogens is 715 g/mol. The molecule has 1 saturated heterocycles. The highest BCUT2D eigenvalue weighted by molar-refractivity contribution is 6.76. The van der Waals surface area contributed by atoms with Gasteiger partial charge in [-0.3, -0.25) is 4.79 Å². The van der Waals surface area contributed by atoms with Crippen LogP contribution in [0.2, 0.25) is 0 Å². The fourth-order valence-electron chi connectivity index (χ4n) is 6.90. The minimum Gasteiger partial charge on any atom is -0.392 e. The average molecular weight is 774 g/mol. The summed E-state index contributed by atoms with van der Waals surface area (Å²) in [5.74, 6) is -0.665. The van der Waals surface area contributed by atoms with E-state index in [-0.39, 0.29) is 25.4 Å². The second-order valence-electron chi connectivity index (χ2n) is 14.1. The van der Waals surface area contributed by atoms with Gasteiger partial charge in [-0.2, -0.15) is 0 Å². The second-order valence-corrected chi connectivity index (χ2v) is 16.4. The number of hydrogen-bond acceptors (Lipinski definition) is 5. The Morgan fingerprint density at radius 3 is 1.94 bits per heavy atom. The summed E-state index contributed by atoms with van der Waals surface area (Å²) in [6.07, 6.45) is 15.6. The van der Waals surface area contributed by atoms with Crippen molar-refractivity contribution in [1.29, 1.82) is 0 Å². The van der Waals surface area contributed by atoms with Crippen molar-refractivity contribution in [2.45, 2.75) is 133 Å². The molecule has 0 saturated carbocycles. The van der Waals surface area contributed by atoms with Crippen molar-refractivity contribution in [1.82, 2.24) is 10.2 Å². The molecule has 2 N–H and O–H groups in total. The molecule has 0 spiro atoms. The fraction of sp³-hybridized carbons (Fsp3) is 0.558. The minimum atomic E-state index is -2.02. The molecule has 1 fully saturated rings. The maximum Gasteiger partial charge on any atom is 0.272 e. The highest BCUT2D eigenvalue weighted by atomic mass is 35.6. The Bertz CT molecular complexity index is 1430. The summed E-state index contributed by atoms with van der Waals surface area (Å²) in [5, 5.41) is 12.4. The van der Waals surface area contributed by atoms with E-state index in [1.165, 1.54) is 77.0 Å². The lowest BCUT2D eigenvalue weighted by Crippen LogP contribution is -2.40. The van der Waals surface area contributed by atoms with Gasteiger partial charge in [-0.15, -0.1) is 0 Å². The first-order valence-corrected chi connectivity index (χ1v) is 20.6. The molecule has 0 radical (unpaired) electrons. The van der Waals surface area contributed by atoms with Crippen molar-refractivity contribution in [2.75, 3.05) is 19.6 Å². The number of nitrogens with one attached hydrogen (secondary N) is 1. The molecule has 286 valence electrons. The maximum absolute atomic E-state index is 12.2. The van der Waals surface area contributed by atoms with Crippen LogP contribution < -0.4 is 5.32 Å². The molecule has 1 aliphatic heterocycles. The van der Waals surface area contributed by atoms with E-state index in [1.807, 2.05) is 36.4 Å². The molecule has 9 heteroatoms. The summed E-state index contributed by atoms with van der Waals surface area (Å²) in [4.78, 5) is 14.9. The zero-order chi connectivity index (χ0) is 37.2. The van der Waals surface area contributed by atoms with Crippen LogP contribution in [0.4, 0.5) is 0 Å². The van der Waals surface area contributed by atoms with Gasteiger partial charge in [0, 0.05) is 25.1 Å². The van der Waals surface area contributed by atoms with E-state index in [9.17, 15) is 9.90 Å². The molecule has 3 aromatic rings. The monoisotopic (exact) mass is 772 g/mol. The van der Waals surface area contributed by atoms with Crippen molar-refractivity contribution >= 4 is 40.7 Å². The number of halogens is 3. The van der Waals surface area contributed by atoms with E-state index in [0.717, 1.165) is 59.4 Å². The SMILES string of the molecule is CCCCCCCCN(CCCCCCCC)CC1CC(c2ccc(CO)cc2)OC(c2ccc(-c3ccccc3CNC(=O)C(Cl)(Cl)Cl)cc2)O1. The summed E-state index contributed by atoms with van der Waals surface area (Å²) in [7, 11) is 0. The molecule has 1 amide bonds. The normalized spacial score (nSPS) is 17.8. The van der Waals surface area contributed by atoms with Crippen LogP contribution in [0.1, 0.15) is 132 Å². The molecule has 3 atom stereocenters. The lowest BCUT2D eigenvalue weighted by atomic mass is 9.97. The van der Waals surface area contributed by atoms with Crippen molar-refractivity contribution in [3.8, 4) is 11.1 Å². The molecular formula is C43H59Cl3N2O4. The lowest BCUT2D eigenvalue weighted by molar-refractivity contribution is -0.253. The van der Waals surface area contributed by atoms with Gasteiger partial charge in [0.2, 0.25) is 0 Å². The van der Waals surface area contributed by atoms with Crippen LogP contribution >= 0.6 is 34.8 Å². The fourth-order valence-corrected chi connectivity index (χ4v) is 7.10. The second kappa shape index (κ2) is 22.9. The number of amides is 1. The molecule has 0 aliphatic carbocycles. The van der Waals surface area contributed by atoms with Crippen LogP contribution in [0, 0.1) is 0 Å². The first-order valence-electron chi connectivity index (χ1n) is 19.5. The van der Waals surface area contributed by atoms with Gasteiger partial charge in [0.05, 0.1) is 18.8 Å². The van der Waals surface area contributed by atoms with Crippen molar-refractivity contribution in [3.63, 3.8) is 0 Å². The van der Waals surface area contributed by atoms with Gasteiger partial charge in [-0.1, -0.05) is 186 Å². The predicted octanol–water partition coefficient (Wildman–Crippen LogP) is 11.4. The van der Waals surface area contributed by atoms with Gasteiger partial charge in [0.15, 0.2) is 6.29 Å². The molecule has 4 rings (SSSR count). The van der Waals surface area contributed by atoms with Gasteiger partial charge >= 0.3 is 0 Å². The van der Waals surface area contributed by atoms with Gasteiger partial charge in [0.25, 0.3) is 9.70 Å². The summed E-state index contributed by atoms with van der Waals surface area (Å²) in [6.45, 7) is 7.85. The third-order valence-corrected chi connectivity index (χ3v) is 10.5. The largest absolute Gasteiger partial charge is 0.392 e. The lowest BCUT2D eigenvalue weighted by Gasteiger charge is -2.38. The quantitative estimate of drug-likeness (QED) is 0.0786. The molecule has 1 aliphatic rings. The number of ether oxygens (including phenoxy) is 2. The third kappa shape index (κ3) is 14.2. The molecule has 0 bridgehead atoms. The van der Waals surface area contributed by atoms with E-state index < -0.39 is 16.0 Å². The predicted molar refractivity (Wildman–Crippen MR) is 216 cm³/mol. The number of unbranched alkanes of at least 4 members (excludes halogenated alkanes) is 10. The number of hydrogen-bond donors (Lipinski definition) is 2. The Morgan fingerprint density at radius 2 is 1.35 bits per heavy atom. The first-order chi connectivity index (χ1) is 25.2. The first kappa shape index (κ1) is 42.6. The highest BCUT2D eigenvalue weighted by Crippen LogP contribution is 2.39. The Balaban J connectivity index is 1.50. The van der Waals surface area contributed by atoms with Crippen LogP contribution in [0.5, 0.6) is 0 Å². The zero-order valence-corrected chi connectivity index (χ0v) is 33.4. The zero-order valence-electron chi connectivity index (χ0n) is 31.1. The van der Waals surface area contributed by atoms with E-state index >= 15 is 0 Å². The Kier molecular flexibility index (Phi) is 18.8. The maximum atomic E-state index is 12.2. The van der Waals surface area contributed by atoms with E-state index in [1.54, 1.807) is 0 Å². The van der Waals surface area contributed by atoms with E-state index in [2.05, 4.69) is 60.5 Å². The Morgan fingerprint density at radius 1 is 0.769 bits per heavy atom. The van der Waals surface area contributed by atoms with Crippen LogP contribution in [0.25, 0.3) is 11.1 Å². The standard InChI is InChI=1S/C43H59Cl3N2O4/c1-3-5-7-9-11-15-27-48(28-16-12-10-8-6-4-2)31-38-29-40(35-21-19-33(32-49)20-22-35)52-41(51-38)36-25-23-34(24-26-36)39-18-14-13-17-37(39)30-47-42(50)43(44,45)46/h13-14,17-26,38,40-41,49H,3-12,15-16,27-32H2,1-2H3,(H,47,50). The molecule has 6 nitrogen and oxygen atoms in total. The molecule has 1 heterocycles.